The molecule has 1 aromatic rings. The predicted molar refractivity (Wildman–Crippen MR) is 107 cm³/mol. The molecule has 5 heteroatoms. The van der Waals surface area contributed by atoms with Crippen molar-refractivity contribution < 1.29 is 14.4 Å². The summed E-state index contributed by atoms with van der Waals surface area (Å²) in [5, 5.41) is 0. The van der Waals surface area contributed by atoms with Crippen LogP contribution in [0.3, 0.4) is 0 Å². The van der Waals surface area contributed by atoms with Crippen molar-refractivity contribution in [2.75, 3.05) is 6.54 Å². The Hall–Kier alpha value is -1.76. The molecule has 2 aliphatic heterocycles. The third kappa shape index (κ3) is 2.09. The molecule has 1 aliphatic carbocycles. The van der Waals surface area contributed by atoms with Crippen LogP contribution in [-0.2, 0) is 14.4 Å². The Morgan fingerprint density at radius 3 is 2.46 bits per heavy atom. The minimum absolute atomic E-state index is 0.00211. The third-order valence-electron chi connectivity index (χ3n) is 5.97. The fourth-order valence-electron chi connectivity index (χ4n) is 4.89. The molecule has 1 saturated heterocycles. The van der Waals surface area contributed by atoms with Gasteiger partial charge in [-0.2, -0.15) is 0 Å². The summed E-state index contributed by atoms with van der Waals surface area (Å²) in [6.45, 7) is 4.00. The fraction of sp³-hybridized carbons (Fsp3) is 0.381. The molecule has 3 aliphatic rings. The number of hydrogen-bond donors (Lipinski definition) is 0. The smallest absolute Gasteiger partial charge is 0.261 e. The van der Waals surface area contributed by atoms with E-state index in [4.69, 9.17) is 0 Å². The molecule has 134 valence electrons. The third-order valence-corrected chi connectivity index (χ3v) is 6.97. The van der Waals surface area contributed by atoms with Crippen LogP contribution >= 0.6 is 22.6 Å². The van der Waals surface area contributed by atoms with Gasteiger partial charge >= 0.3 is 0 Å². The molecule has 4 rings (SSSR count). The van der Waals surface area contributed by atoms with Gasteiger partial charge in [0.15, 0.2) is 11.6 Å². The molecule has 1 aromatic carbocycles. The minimum atomic E-state index is -0.814. The van der Waals surface area contributed by atoms with E-state index in [1.807, 2.05) is 50.3 Å². The first kappa shape index (κ1) is 17.6. The second-order valence-electron chi connectivity index (χ2n) is 7.12. The molecule has 0 saturated carbocycles. The highest BCUT2D eigenvalue weighted by molar-refractivity contribution is 14.1. The molecule has 1 spiro atoms. The number of carbonyl (C=O) groups is 3. The van der Waals surface area contributed by atoms with Crippen LogP contribution in [0.2, 0.25) is 0 Å². The molecule has 0 aromatic heterocycles. The van der Waals surface area contributed by atoms with Crippen LogP contribution < -0.4 is 0 Å². The van der Waals surface area contributed by atoms with Gasteiger partial charge < -0.3 is 4.90 Å². The first-order chi connectivity index (χ1) is 12.5. The van der Waals surface area contributed by atoms with E-state index in [1.165, 1.54) is 0 Å². The maximum atomic E-state index is 13.0. The van der Waals surface area contributed by atoms with Crippen molar-refractivity contribution in [3.63, 3.8) is 0 Å². The number of allylic oxidation sites excluding steroid dienone is 1. The first-order valence-corrected chi connectivity index (χ1v) is 10.1. The number of Topliss-reactive ketones (excluding diaryl/α,β-unsaturated/α-hetero) is 2. The molecule has 0 bridgehead atoms. The second-order valence-corrected chi connectivity index (χ2v) is 8.20. The van der Waals surface area contributed by atoms with E-state index in [1.54, 1.807) is 4.90 Å². The first-order valence-electron chi connectivity index (χ1n) is 9.03. The molecule has 1 fully saturated rings. The highest BCUT2D eigenvalue weighted by Crippen LogP contribution is 2.57. The average molecular weight is 461 g/mol. The number of halogens is 1. The number of rotatable bonds is 3. The molecule has 1 amide bonds. The number of hydrogen-bond acceptors (Lipinski definition) is 3. The maximum absolute atomic E-state index is 13.0. The van der Waals surface area contributed by atoms with E-state index >= 15 is 0 Å². The van der Waals surface area contributed by atoms with Crippen molar-refractivity contribution in [1.29, 1.82) is 0 Å². The van der Waals surface area contributed by atoms with Crippen molar-refractivity contribution in [2.45, 2.75) is 32.2 Å². The lowest BCUT2D eigenvalue weighted by Crippen LogP contribution is -2.52. The summed E-state index contributed by atoms with van der Waals surface area (Å²) < 4.78 is 0.655. The van der Waals surface area contributed by atoms with Crippen LogP contribution in [0.25, 0.3) is 5.57 Å². The van der Waals surface area contributed by atoms with E-state index < -0.39 is 11.5 Å². The monoisotopic (exact) mass is 461 g/mol. The van der Waals surface area contributed by atoms with Crippen molar-refractivity contribution in [3.8, 4) is 0 Å². The van der Waals surface area contributed by atoms with Crippen molar-refractivity contribution in [2.24, 2.45) is 11.8 Å². The summed E-state index contributed by atoms with van der Waals surface area (Å²) >= 11 is 2.11. The number of ketones is 2. The van der Waals surface area contributed by atoms with E-state index in [2.05, 4.69) is 22.6 Å². The molecule has 0 radical (unpaired) electrons. The zero-order valence-electron chi connectivity index (χ0n) is 14.8. The number of amides is 1. The zero-order valence-corrected chi connectivity index (χ0v) is 16.9. The van der Waals surface area contributed by atoms with Crippen LogP contribution in [0.5, 0.6) is 0 Å². The predicted octanol–water partition coefficient (Wildman–Crippen LogP) is 3.56. The van der Waals surface area contributed by atoms with Gasteiger partial charge in [-0.1, -0.05) is 44.2 Å². The van der Waals surface area contributed by atoms with Gasteiger partial charge in [0, 0.05) is 11.5 Å². The topological polar surface area (TPSA) is 54.5 Å². The number of benzene rings is 1. The summed E-state index contributed by atoms with van der Waals surface area (Å²) in [6.07, 6.45) is 3.15. The van der Waals surface area contributed by atoms with Gasteiger partial charge in [-0.15, -0.1) is 0 Å². The summed E-state index contributed by atoms with van der Waals surface area (Å²) in [7, 11) is 0. The summed E-state index contributed by atoms with van der Waals surface area (Å²) in [5.41, 5.74) is 1.76. The number of nitrogens with zero attached hydrogens (tertiary/aromatic N) is 1. The van der Waals surface area contributed by atoms with Gasteiger partial charge in [-0.3, -0.25) is 14.4 Å². The van der Waals surface area contributed by atoms with Crippen LogP contribution in [0.1, 0.15) is 32.3 Å². The Labute approximate surface area is 166 Å². The summed E-state index contributed by atoms with van der Waals surface area (Å²) in [6, 6.07) is 9.79. The molecule has 2 heterocycles. The van der Waals surface area contributed by atoms with Gasteiger partial charge in [-0.05, 0) is 52.6 Å². The van der Waals surface area contributed by atoms with Gasteiger partial charge in [0.25, 0.3) is 5.91 Å². The van der Waals surface area contributed by atoms with Gasteiger partial charge in [0.2, 0.25) is 0 Å². The zero-order chi connectivity index (χ0) is 18.6. The Kier molecular flexibility index (Phi) is 4.17. The minimum Gasteiger partial charge on any atom is -0.317 e. The van der Waals surface area contributed by atoms with Crippen molar-refractivity contribution in [3.05, 3.63) is 51.1 Å². The lowest BCUT2D eigenvalue weighted by molar-refractivity contribution is -0.130. The quantitative estimate of drug-likeness (QED) is 0.648. The van der Waals surface area contributed by atoms with Crippen LogP contribution in [0.15, 0.2) is 45.6 Å². The molecule has 0 unspecified atom stereocenters. The maximum Gasteiger partial charge on any atom is 0.261 e. The standard InChI is InChI=1S/C21H20INO3/c1-3-12-10-21-16(13-8-6-5-7-9-13)18(22)20(26)23(21)11-15(24)17(21)14(4-2)19(12)25/h5-10,14,17H,3-4,11H2,1-2H3/t14-,17+,21-/m1/s1. The van der Waals surface area contributed by atoms with Gasteiger partial charge in [-0.25, -0.2) is 0 Å². The Bertz CT molecular complexity index is 886. The lowest BCUT2D eigenvalue weighted by Gasteiger charge is -2.43. The van der Waals surface area contributed by atoms with E-state index in [0.29, 0.717) is 16.4 Å². The van der Waals surface area contributed by atoms with E-state index in [0.717, 1.165) is 16.7 Å². The molecule has 4 nitrogen and oxygen atoms in total. The summed E-state index contributed by atoms with van der Waals surface area (Å²) in [5.74, 6) is -0.871. The molecule has 26 heavy (non-hydrogen) atoms. The Morgan fingerprint density at radius 2 is 1.85 bits per heavy atom. The van der Waals surface area contributed by atoms with E-state index in [-0.39, 0.29) is 29.9 Å². The molecular formula is C21H20INO3. The van der Waals surface area contributed by atoms with Crippen molar-refractivity contribution >= 4 is 45.6 Å². The second kappa shape index (κ2) is 6.15. The molecular weight excluding hydrogens is 441 g/mol. The molecule has 0 N–H and O–H groups in total. The van der Waals surface area contributed by atoms with Crippen LogP contribution in [0, 0.1) is 11.8 Å². The van der Waals surface area contributed by atoms with Crippen LogP contribution in [0.4, 0.5) is 0 Å². The fourth-order valence-corrected chi connectivity index (χ4v) is 5.92. The lowest BCUT2D eigenvalue weighted by atomic mass is 9.63. The number of carbonyl (C=O) groups excluding carboxylic acids is 3. The van der Waals surface area contributed by atoms with Crippen LogP contribution in [-0.4, -0.2) is 34.5 Å². The SMILES string of the molecule is CCC1=C[C@]23C(c4ccccc4)=C(I)C(=O)N2CC(=O)[C@@H]3[C@@H](CC)C1=O. The van der Waals surface area contributed by atoms with Gasteiger partial charge in [0.05, 0.1) is 16.0 Å². The Morgan fingerprint density at radius 1 is 1.15 bits per heavy atom. The highest BCUT2D eigenvalue weighted by atomic mass is 127. The van der Waals surface area contributed by atoms with Crippen molar-refractivity contribution in [1.82, 2.24) is 4.90 Å². The normalized spacial score (nSPS) is 30.7. The highest BCUT2D eigenvalue weighted by Gasteiger charge is 2.65. The van der Waals surface area contributed by atoms with E-state index in [9.17, 15) is 14.4 Å². The largest absolute Gasteiger partial charge is 0.317 e. The average Bonchev–Trinajstić information content (AvgIpc) is 3.04. The van der Waals surface area contributed by atoms with Gasteiger partial charge in [0.1, 0.15) is 5.54 Å². The molecule has 3 atom stereocenters. The Balaban J connectivity index is 2.05. The summed E-state index contributed by atoms with van der Waals surface area (Å²) in [4.78, 5) is 40.6.